The van der Waals surface area contributed by atoms with Gasteiger partial charge in [-0.3, -0.25) is 0 Å². The van der Waals surface area contributed by atoms with E-state index < -0.39 is 17.5 Å². The van der Waals surface area contributed by atoms with E-state index in [1.54, 1.807) is 0 Å². The number of aromatic nitrogens is 2. The number of esters is 1. The average Bonchev–Trinajstić information content (AvgIpc) is 2.81. The number of methoxy groups -OCH3 is 1. The lowest BCUT2D eigenvalue weighted by atomic mass is 10.2. The Morgan fingerprint density at radius 3 is 2.88 bits per heavy atom. The number of halogens is 1. The van der Waals surface area contributed by atoms with Gasteiger partial charge in [-0.15, -0.1) is 10.2 Å². The predicted molar refractivity (Wildman–Crippen MR) is 52.7 cm³/mol. The minimum Gasteiger partial charge on any atom is -0.505 e. The van der Waals surface area contributed by atoms with E-state index in [1.807, 2.05) is 0 Å². The molecule has 0 spiro atoms. The van der Waals surface area contributed by atoms with Crippen molar-refractivity contribution in [1.29, 1.82) is 0 Å². The molecule has 88 valence electrons. The van der Waals surface area contributed by atoms with E-state index in [-0.39, 0.29) is 11.8 Å². The molecule has 2 aromatic rings. The summed E-state index contributed by atoms with van der Waals surface area (Å²) in [6, 6.07) is 3.50. The molecule has 0 saturated heterocycles. The molecule has 2 rings (SSSR count). The third-order valence-corrected chi connectivity index (χ3v) is 1.98. The number of nitrogens with zero attached hydrogens (tertiary/aromatic N) is 2. The molecule has 0 atom stereocenters. The second kappa shape index (κ2) is 4.20. The molecular weight excluding hydrogens is 231 g/mol. The second-order valence-corrected chi connectivity index (χ2v) is 3.07. The highest BCUT2D eigenvalue weighted by Crippen LogP contribution is 2.24. The van der Waals surface area contributed by atoms with Gasteiger partial charge in [-0.2, -0.15) is 0 Å². The molecule has 0 fully saturated rings. The van der Waals surface area contributed by atoms with E-state index in [9.17, 15) is 9.18 Å². The molecular formula is C10H7FN2O4. The van der Waals surface area contributed by atoms with E-state index in [0.29, 0.717) is 5.56 Å². The quantitative estimate of drug-likeness (QED) is 0.795. The van der Waals surface area contributed by atoms with Gasteiger partial charge in [-0.05, 0) is 18.2 Å². The van der Waals surface area contributed by atoms with Crippen molar-refractivity contribution in [2.24, 2.45) is 0 Å². The van der Waals surface area contributed by atoms with Crippen LogP contribution >= 0.6 is 0 Å². The minimum absolute atomic E-state index is 0.0132. The van der Waals surface area contributed by atoms with Gasteiger partial charge >= 0.3 is 11.9 Å². The first-order chi connectivity index (χ1) is 8.11. The topological polar surface area (TPSA) is 85.5 Å². The van der Waals surface area contributed by atoms with E-state index in [4.69, 9.17) is 9.52 Å². The van der Waals surface area contributed by atoms with Crippen LogP contribution in [0.1, 0.15) is 10.7 Å². The number of carbonyl (C=O) groups is 1. The van der Waals surface area contributed by atoms with Crippen molar-refractivity contribution in [1.82, 2.24) is 10.2 Å². The zero-order valence-electron chi connectivity index (χ0n) is 8.68. The van der Waals surface area contributed by atoms with Crippen LogP contribution in [-0.4, -0.2) is 28.4 Å². The lowest BCUT2D eigenvalue weighted by Gasteiger charge is -1.97. The third kappa shape index (κ3) is 2.07. The monoisotopic (exact) mass is 238 g/mol. The molecule has 0 radical (unpaired) electrons. The van der Waals surface area contributed by atoms with Gasteiger partial charge in [-0.1, -0.05) is 0 Å². The first-order valence-corrected chi connectivity index (χ1v) is 4.52. The Kier molecular flexibility index (Phi) is 2.73. The second-order valence-electron chi connectivity index (χ2n) is 3.07. The summed E-state index contributed by atoms with van der Waals surface area (Å²) >= 11 is 0. The molecule has 0 aliphatic heterocycles. The van der Waals surface area contributed by atoms with Crippen molar-refractivity contribution >= 4 is 5.97 Å². The SMILES string of the molecule is COC(=O)c1nnc(-c2ccc(F)c(O)c2)o1. The third-order valence-electron chi connectivity index (χ3n) is 1.98. The van der Waals surface area contributed by atoms with E-state index in [2.05, 4.69) is 14.9 Å². The van der Waals surface area contributed by atoms with E-state index in [1.165, 1.54) is 13.2 Å². The van der Waals surface area contributed by atoms with Crippen LogP contribution in [0.2, 0.25) is 0 Å². The summed E-state index contributed by atoms with van der Waals surface area (Å²) < 4.78 is 22.2. The van der Waals surface area contributed by atoms with Gasteiger partial charge in [0.05, 0.1) is 7.11 Å². The molecule has 1 heterocycles. The summed E-state index contributed by atoms with van der Waals surface area (Å²) in [6.07, 6.45) is 0. The van der Waals surface area contributed by atoms with Crippen molar-refractivity contribution in [2.75, 3.05) is 7.11 Å². The summed E-state index contributed by atoms with van der Waals surface area (Å²) in [5.41, 5.74) is 0.298. The fraction of sp³-hybridized carbons (Fsp3) is 0.100. The van der Waals surface area contributed by atoms with Gasteiger partial charge in [0.2, 0.25) is 5.89 Å². The molecule has 0 aliphatic rings. The standard InChI is InChI=1S/C10H7FN2O4/c1-16-10(15)9-13-12-8(17-9)5-2-3-6(11)7(14)4-5/h2-4,14H,1H3. The molecule has 1 aromatic heterocycles. The Hall–Kier alpha value is -2.44. The van der Waals surface area contributed by atoms with Gasteiger partial charge in [0.15, 0.2) is 11.6 Å². The number of carbonyl (C=O) groups excluding carboxylic acids is 1. The van der Waals surface area contributed by atoms with Crippen LogP contribution in [0, 0.1) is 5.82 Å². The number of aromatic hydroxyl groups is 1. The van der Waals surface area contributed by atoms with E-state index in [0.717, 1.165) is 12.1 Å². The van der Waals surface area contributed by atoms with Crippen LogP contribution in [0.3, 0.4) is 0 Å². The lowest BCUT2D eigenvalue weighted by Crippen LogP contribution is -2.00. The average molecular weight is 238 g/mol. The maximum Gasteiger partial charge on any atom is 0.396 e. The molecule has 17 heavy (non-hydrogen) atoms. The van der Waals surface area contributed by atoms with Crippen molar-refractivity contribution in [2.45, 2.75) is 0 Å². The molecule has 0 saturated carbocycles. The summed E-state index contributed by atoms with van der Waals surface area (Å²) in [4.78, 5) is 11.1. The van der Waals surface area contributed by atoms with Crippen molar-refractivity contribution in [3.05, 3.63) is 29.9 Å². The Balaban J connectivity index is 2.37. The molecule has 1 N–H and O–H groups in total. The first-order valence-electron chi connectivity index (χ1n) is 4.52. The van der Waals surface area contributed by atoms with Gasteiger partial charge in [0, 0.05) is 5.56 Å². The van der Waals surface area contributed by atoms with E-state index >= 15 is 0 Å². The number of hydrogen-bond donors (Lipinski definition) is 1. The highest BCUT2D eigenvalue weighted by molar-refractivity contribution is 5.84. The predicted octanol–water partition coefficient (Wildman–Crippen LogP) is 1.37. The molecule has 7 heteroatoms. The number of phenols is 1. The van der Waals surface area contributed by atoms with Crippen LogP contribution in [0.5, 0.6) is 5.75 Å². The van der Waals surface area contributed by atoms with Gasteiger partial charge in [0.1, 0.15) is 0 Å². The Morgan fingerprint density at radius 1 is 1.47 bits per heavy atom. The van der Waals surface area contributed by atoms with Gasteiger partial charge < -0.3 is 14.3 Å². The number of rotatable bonds is 2. The first kappa shape index (κ1) is 11.1. The van der Waals surface area contributed by atoms with Crippen LogP contribution < -0.4 is 0 Å². The number of ether oxygens (including phenoxy) is 1. The highest BCUT2D eigenvalue weighted by Gasteiger charge is 2.16. The lowest BCUT2D eigenvalue weighted by molar-refractivity contribution is 0.0556. The summed E-state index contributed by atoms with van der Waals surface area (Å²) in [7, 11) is 1.18. The summed E-state index contributed by atoms with van der Waals surface area (Å²) in [5, 5.41) is 16.2. The zero-order chi connectivity index (χ0) is 12.4. The Labute approximate surface area is 94.7 Å². The molecule has 0 amide bonds. The molecule has 0 unspecified atom stereocenters. The fourth-order valence-corrected chi connectivity index (χ4v) is 1.16. The van der Waals surface area contributed by atoms with Crippen molar-refractivity contribution in [3.63, 3.8) is 0 Å². The van der Waals surface area contributed by atoms with Crippen LogP contribution in [0.4, 0.5) is 4.39 Å². The number of phenolic OH excluding ortho intramolecular Hbond substituents is 1. The summed E-state index contributed by atoms with van der Waals surface area (Å²) in [5.74, 6) is -2.40. The highest BCUT2D eigenvalue weighted by atomic mass is 19.1. The van der Waals surface area contributed by atoms with Gasteiger partial charge in [-0.25, -0.2) is 9.18 Å². The Morgan fingerprint density at radius 2 is 2.24 bits per heavy atom. The van der Waals surface area contributed by atoms with Crippen molar-refractivity contribution < 1.29 is 23.4 Å². The number of hydrogen-bond acceptors (Lipinski definition) is 6. The maximum atomic E-state index is 12.8. The number of benzene rings is 1. The normalized spacial score (nSPS) is 10.2. The van der Waals surface area contributed by atoms with Crippen molar-refractivity contribution in [3.8, 4) is 17.2 Å². The Bertz CT molecular complexity index is 567. The maximum absolute atomic E-state index is 12.8. The fourth-order valence-electron chi connectivity index (χ4n) is 1.16. The molecule has 1 aromatic carbocycles. The minimum atomic E-state index is -0.768. The van der Waals surface area contributed by atoms with Crippen LogP contribution in [-0.2, 0) is 4.74 Å². The van der Waals surface area contributed by atoms with Crippen LogP contribution in [0.25, 0.3) is 11.5 Å². The molecule has 6 nitrogen and oxygen atoms in total. The zero-order valence-corrected chi connectivity index (χ0v) is 8.68. The largest absolute Gasteiger partial charge is 0.505 e. The molecule has 0 bridgehead atoms. The van der Waals surface area contributed by atoms with Gasteiger partial charge in [0.25, 0.3) is 0 Å². The smallest absolute Gasteiger partial charge is 0.396 e. The summed E-state index contributed by atoms with van der Waals surface area (Å²) in [6.45, 7) is 0. The van der Waals surface area contributed by atoms with Crippen LogP contribution in [0.15, 0.2) is 22.6 Å². The molecule has 0 aliphatic carbocycles.